The van der Waals surface area contributed by atoms with E-state index >= 15 is 0 Å². The number of hydrogen-bond acceptors (Lipinski definition) is 5. The largest absolute Gasteiger partial charge is 0.368 e. The van der Waals surface area contributed by atoms with Crippen LogP contribution in [0.1, 0.15) is 31.3 Å². The van der Waals surface area contributed by atoms with E-state index in [1.807, 2.05) is 21.6 Å². The number of anilines is 1. The summed E-state index contributed by atoms with van der Waals surface area (Å²) in [4.78, 5) is 34.6. The molecule has 0 unspecified atom stereocenters. The van der Waals surface area contributed by atoms with Crippen molar-refractivity contribution in [2.45, 2.75) is 27.3 Å². The van der Waals surface area contributed by atoms with E-state index < -0.39 is 0 Å². The van der Waals surface area contributed by atoms with Crippen molar-refractivity contribution < 1.29 is 4.79 Å². The van der Waals surface area contributed by atoms with Crippen molar-refractivity contribution in [2.24, 2.45) is 19.5 Å². The van der Waals surface area contributed by atoms with Crippen LogP contribution in [0.3, 0.4) is 0 Å². The molecule has 1 aliphatic heterocycles. The number of aromatic nitrogens is 5. The first-order chi connectivity index (χ1) is 17.1. The number of carbonyl (C=O) groups excluding carboxylic acids is 1. The predicted molar refractivity (Wildman–Crippen MR) is 141 cm³/mol. The predicted octanol–water partition coefficient (Wildman–Crippen LogP) is 3.14. The van der Waals surface area contributed by atoms with Crippen molar-refractivity contribution in [1.82, 2.24) is 28.8 Å². The maximum Gasteiger partial charge on any atom is 0.330 e. The third-order valence-corrected chi connectivity index (χ3v) is 6.75. The standard InChI is InChI=1S/C27H33N7O2/c1-27(2,3)18-34-22-11-10-21(29-24(22)30(4)26(34)36)19-6-8-20(9-7-19)32-14-16-33(17-15-32)25(35)23-12-13-28-31(23)5/h6-13H,14-18H2,1-5H3. The second-order valence-electron chi connectivity index (χ2n) is 10.7. The number of benzene rings is 1. The molecule has 3 aromatic heterocycles. The van der Waals surface area contributed by atoms with E-state index in [1.165, 1.54) is 0 Å². The SMILES string of the molecule is Cn1nccc1C(=O)N1CCN(c2ccc(-c3ccc4c(n3)n(C)c(=O)n4CC(C)(C)C)cc2)CC1. The third kappa shape index (κ3) is 4.41. The minimum atomic E-state index is -0.0408. The number of imidazole rings is 1. The van der Waals surface area contributed by atoms with Crippen LogP contribution in [0.5, 0.6) is 0 Å². The normalized spacial score (nSPS) is 14.6. The molecule has 1 fully saturated rings. The van der Waals surface area contributed by atoms with Gasteiger partial charge in [-0.05, 0) is 35.7 Å². The fourth-order valence-electron chi connectivity index (χ4n) is 4.82. The van der Waals surface area contributed by atoms with E-state index in [9.17, 15) is 9.59 Å². The van der Waals surface area contributed by atoms with E-state index in [0.717, 1.165) is 35.6 Å². The number of carbonyl (C=O) groups is 1. The lowest BCUT2D eigenvalue weighted by atomic mass is 9.97. The van der Waals surface area contributed by atoms with Gasteiger partial charge in [0.2, 0.25) is 0 Å². The number of fused-ring (bicyclic) bond motifs is 1. The average molecular weight is 488 g/mol. The molecule has 188 valence electrons. The zero-order chi connectivity index (χ0) is 25.6. The van der Waals surface area contributed by atoms with Crippen molar-refractivity contribution in [1.29, 1.82) is 0 Å². The van der Waals surface area contributed by atoms with Gasteiger partial charge in [-0.3, -0.25) is 18.6 Å². The van der Waals surface area contributed by atoms with Crippen LogP contribution in [0, 0.1) is 5.41 Å². The monoisotopic (exact) mass is 487 g/mol. The summed E-state index contributed by atoms with van der Waals surface area (Å²) in [7, 11) is 3.57. The fraction of sp³-hybridized carbons (Fsp3) is 0.407. The highest BCUT2D eigenvalue weighted by molar-refractivity contribution is 5.92. The molecule has 4 aromatic rings. The molecule has 4 heterocycles. The molecule has 0 radical (unpaired) electrons. The van der Waals surface area contributed by atoms with Gasteiger partial charge in [0.25, 0.3) is 5.91 Å². The molecular formula is C27H33N7O2. The molecule has 0 aliphatic carbocycles. The van der Waals surface area contributed by atoms with E-state index in [1.54, 1.807) is 35.6 Å². The summed E-state index contributed by atoms with van der Waals surface area (Å²) in [6.07, 6.45) is 1.65. The Bertz CT molecular complexity index is 1460. The summed E-state index contributed by atoms with van der Waals surface area (Å²) in [5.74, 6) is 0.0252. The highest BCUT2D eigenvalue weighted by Gasteiger charge is 2.24. The second kappa shape index (κ2) is 8.96. The molecule has 9 heteroatoms. The van der Waals surface area contributed by atoms with Crippen molar-refractivity contribution in [2.75, 3.05) is 31.1 Å². The number of nitrogens with zero attached hydrogens (tertiary/aromatic N) is 7. The lowest BCUT2D eigenvalue weighted by molar-refractivity contribution is 0.0735. The summed E-state index contributed by atoms with van der Waals surface area (Å²) >= 11 is 0. The van der Waals surface area contributed by atoms with Gasteiger partial charge in [-0.2, -0.15) is 5.10 Å². The first kappa shape index (κ1) is 23.8. The highest BCUT2D eigenvalue weighted by atomic mass is 16.2. The van der Waals surface area contributed by atoms with E-state index in [-0.39, 0.29) is 17.0 Å². The summed E-state index contributed by atoms with van der Waals surface area (Å²) in [6.45, 7) is 9.90. The molecule has 0 bridgehead atoms. The van der Waals surface area contributed by atoms with E-state index in [4.69, 9.17) is 4.98 Å². The molecule has 36 heavy (non-hydrogen) atoms. The van der Waals surface area contributed by atoms with Gasteiger partial charge < -0.3 is 9.80 Å². The van der Waals surface area contributed by atoms with Gasteiger partial charge in [-0.1, -0.05) is 32.9 Å². The Balaban J connectivity index is 1.31. The molecule has 0 atom stereocenters. The minimum absolute atomic E-state index is 0.00999. The Kier molecular flexibility index (Phi) is 5.94. The topological polar surface area (TPSA) is 81.2 Å². The summed E-state index contributed by atoms with van der Waals surface area (Å²) in [5, 5.41) is 4.10. The molecule has 0 saturated carbocycles. The molecular weight excluding hydrogens is 454 g/mol. The maximum atomic E-state index is 12.8. The van der Waals surface area contributed by atoms with Gasteiger partial charge in [0.05, 0.1) is 11.2 Å². The first-order valence-electron chi connectivity index (χ1n) is 12.3. The second-order valence-corrected chi connectivity index (χ2v) is 10.7. The van der Waals surface area contributed by atoms with Crippen LogP contribution in [0.4, 0.5) is 5.69 Å². The van der Waals surface area contributed by atoms with Crippen LogP contribution in [-0.2, 0) is 20.6 Å². The molecule has 5 rings (SSSR count). The van der Waals surface area contributed by atoms with Crippen LogP contribution in [-0.4, -0.2) is 60.9 Å². The third-order valence-electron chi connectivity index (χ3n) is 6.75. The van der Waals surface area contributed by atoms with Gasteiger partial charge in [-0.15, -0.1) is 0 Å². The average Bonchev–Trinajstić information content (AvgIpc) is 3.39. The number of amides is 1. The van der Waals surface area contributed by atoms with Crippen molar-refractivity contribution in [3.05, 3.63) is 64.8 Å². The Morgan fingerprint density at radius 3 is 2.25 bits per heavy atom. The fourth-order valence-corrected chi connectivity index (χ4v) is 4.82. The van der Waals surface area contributed by atoms with Gasteiger partial charge in [-0.25, -0.2) is 9.78 Å². The smallest absolute Gasteiger partial charge is 0.330 e. The summed E-state index contributed by atoms with van der Waals surface area (Å²) in [6, 6.07) is 14.1. The summed E-state index contributed by atoms with van der Waals surface area (Å²) in [5.41, 5.74) is 5.08. The van der Waals surface area contributed by atoms with Crippen LogP contribution in [0.2, 0.25) is 0 Å². The summed E-state index contributed by atoms with van der Waals surface area (Å²) < 4.78 is 5.06. The Morgan fingerprint density at radius 2 is 1.64 bits per heavy atom. The number of aryl methyl sites for hydroxylation is 2. The minimum Gasteiger partial charge on any atom is -0.368 e. The number of hydrogen-bond donors (Lipinski definition) is 0. The Morgan fingerprint density at radius 1 is 0.944 bits per heavy atom. The van der Waals surface area contributed by atoms with Crippen LogP contribution in [0.15, 0.2) is 53.5 Å². The lowest BCUT2D eigenvalue weighted by Crippen LogP contribution is -2.49. The van der Waals surface area contributed by atoms with Gasteiger partial charge >= 0.3 is 5.69 Å². The van der Waals surface area contributed by atoms with Crippen LogP contribution < -0.4 is 10.6 Å². The molecule has 9 nitrogen and oxygen atoms in total. The van der Waals surface area contributed by atoms with Gasteiger partial charge in [0.15, 0.2) is 5.65 Å². The van der Waals surface area contributed by atoms with Gasteiger partial charge in [0.1, 0.15) is 5.69 Å². The zero-order valence-electron chi connectivity index (χ0n) is 21.6. The van der Waals surface area contributed by atoms with E-state index in [2.05, 4.69) is 55.0 Å². The maximum absolute atomic E-state index is 12.8. The molecule has 1 aromatic carbocycles. The zero-order valence-corrected chi connectivity index (χ0v) is 21.6. The van der Waals surface area contributed by atoms with Crippen molar-refractivity contribution in [3.8, 4) is 11.3 Å². The first-order valence-corrected chi connectivity index (χ1v) is 12.3. The van der Waals surface area contributed by atoms with E-state index in [0.29, 0.717) is 31.0 Å². The van der Waals surface area contributed by atoms with Crippen LogP contribution >= 0.6 is 0 Å². The molecule has 0 N–H and O–H groups in total. The molecule has 1 saturated heterocycles. The van der Waals surface area contributed by atoms with Crippen molar-refractivity contribution in [3.63, 3.8) is 0 Å². The van der Waals surface area contributed by atoms with Crippen molar-refractivity contribution >= 4 is 22.8 Å². The Labute approximate surface area is 210 Å². The molecule has 1 amide bonds. The molecule has 1 aliphatic rings. The van der Waals surface area contributed by atoms with Crippen LogP contribution in [0.25, 0.3) is 22.4 Å². The van der Waals surface area contributed by atoms with Gasteiger partial charge in [0, 0.05) is 64.3 Å². The number of piperazine rings is 1. The highest BCUT2D eigenvalue weighted by Crippen LogP contribution is 2.26. The Hall–Kier alpha value is -3.88. The lowest BCUT2D eigenvalue weighted by Gasteiger charge is -2.36. The number of rotatable bonds is 4. The number of pyridine rings is 1. The quantitative estimate of drug-likeness (QED) is 0.442. The molecule has 0 spiro atoms.